The van der Waals surface area contributed by atoms with Crippen LogP contribution in [0.1, 0.15) is 49.1 Å². The maximum Gasteiger partial charge on any atom is 0.196 e. The average Bonchev–Trinajstić information content (AvgIpc) is 2.63. The van der Waals surface area contributed by atoms with Crippen molar-refractivity contribution < 1.29 is 4.42 Å². The van der Waals surface area contributed by atoms with Crippen LogP contribution in [0.3, 0.4) is 0 Å². The van der Waals surface area contributed by atoms with Crippen LogP contribution in [0, 0.1) is 6.92 Å². The number of aryl methyl sites for hydroxylation is 1. The van der Waals surface area contributed by atoms with E-state index >= 15 is 0 Å². The van der Waals surface area contributed by atoms with Crippen molar-refractivity contribution in [2.24, 2.45) is 0 Å². The molecule has 1 aliphatic rings. The largest absolute Gasteiger partial charge is 0.456 e. The molecule has 0 aliphatic heterocycles. The van der Waals surface area contributed by atoms with Crippen molar-refractivity contribution in [3.8, 4) is 11.3 Å². The van der Waals surface area contributed by atoms with E-state index in [9.17, 15) is 4.79 Å². The third-order valence-electron chi connectivity index (χ3n) is 5.13. The van der Waals surface area contributed by atoms with Gasteiger partial charge in [0.1, 0.15) is 11.3 Å². The fourth-order valence-corrected chi connectivity index (χ4v) is 3.89. The van der Waals surface area contributed by atoms with Gasteiger partial charge in [-0.1, -0.05) is 61.2 Å². The van der Waals surface area contributed by atoms with Crippen molar-refractivity contribution in [2.75, 3.05) is 0 Å². The van der Waals surface area contributed by atoms with Crippen LogP contribution in [0.25, 0.3) is 22.3 Å². The highest BCUT2D eigenvalue weighted by atomic mass is 16.3. The molecule has 1 heterocycles. The highest BCUT2D eigenvalue weighted by Gasteiger charge is 2.25. The molecule has 1 aliphatic carbocycles. The second kappa shape index (κ2) is 6.27. The van der Waals surface area contributed by atoms with Gasteiger partial charge in [0.2, 0.25) is 0 Å². The molecule has 0 bridgehead atoms. The van der Waals surface area contributed by atoms with E-state index in [1.54, 1.807) is 0 Å². The topological polar surface area (TPSA) is 30.2 Å². The smallest absolute Gasteiger partial charge is 0.196 e. The van der Waals surface area contributed by atoms with Gasteiger partial charge >= 0.3 is 0 Å². The SMILES string of the molecule is Cc1ccc2oc(-c3ccccc3)c(C3CCCCC3)c(=O)c2c1. The lowest BCUT2D eigenvalue weighted by atomic mass is 9.82. The predicted octanol–water partition coefficient (Wildman–Crippen LogP) is 5.82. The van der Waals surface area contributed by atoms with Crippen molar-refractivity contribution >= 4 is 11.0 Å². The predicted molar refractivity (Wildman–Crippen MR) is 98.5 cm³/mol. The second-order valence-electron chi connectivity index (χ2n) is 6.87. The highest BCUT2D eigenvalue weighted by Crippen LogP contribution is 2.37. The van der Waals surface area contributed by atoms with E-state index in [1.165, 1.54) is 19.3 Å². The van der Waals surface area contributed by atoms with Crippen LogP contribution < -0.4 is 5.43 Å². The lowest BCUT2D eigenvalue weighted by molar-refractivity contribution is 0.436. The van der Waals surface area contributed by atoms with Crippen LogP contribution in [-0.2, 0) is 0 Å². The number of rotatable bonds is 2. The highest BCUT2D eigenvalue weighted by molar-refractivity contribution is 5.81. The number of hydrogen-bond donors (Lipinski definition) is 0. The first kappa shape index (κ1) is 15.2. The zero-order valence-electron chi connectivity index (χ0n) is 14.0. The van der Waals surface area contributed by atoms with Crippen molar-refractivity contribution in [3.05, 3.63) is 69.9 Å². The summed E-state index contributed by atoms with van der Waals surface area (Å²) in [5.41, 5.74) is 3.82. The molecule has 4 rings (SSSR count). The quantitative estimate of drug-likeness (QED) is 0.596. The molecule has 0 saturated heterocycles. The summed E-state index contributed by atoms with van der Waals surface area (Å²) in [6.45, 7) is 2.02. The van der Waals surface area contributed by atoms with Crippen LogP contribution >= 0.6 is 0 Å². The molecule has 0 radical (unpaired) electrons. The Hall–Kier alpha value is -2.35. The Balaban J connectivity index is 2.01. The molecule has 2 nitrogen and oxygen atoms in total. The third-order valence-corrected chi connectivity index (χ3v) is 5.13. The van der Waals surface area contributed by atoms with Gasteiger partial charge < -0.3 is 4.42 Å². The fourth-order valence-electron chi connectivity index (χ4n) is 3.89. The average molecular weight is 318 g/mol. The van der Waals surface area contributed by atoms with Gasteiger partial charge in [-0.15, -0.1) is 0 Å². The summed E-state index contributed by atoms with van der Waals surface area (Å²) in [4.78, 5) is 13.3. The molecule has 0 unspecified atom stereocenters. The summed E-state index contributed by atoms with van der Waals surface area (Å²) in [5, 5.41) is 0.718. The molecule has 2 heteroatoms. The van der Waals surface area contributed by atoms with E-state index in [0.29, 0.717) is 11.5 Å². The molecule has 1 fully saturated rings. The molecule has 3 aromatic rings. The second-order valence-corrected chi connectivity index (χ2v) is 6.87. The van der Waals surface area contributed by atoms with E-state index in [4.69, 9.17) is 4.42 Å². The Bertz CT molecular complexity index is 916. The molecule has 0 atom stereocenters. The Kier molecular flexibility index (Phi) is 3.97. The summed E-state index contributed by atoms with van der Waals surface area (Å²) in [7, 11) is 0. The molecule has 24 heavy (non-hydrogen) atoms. The van der Waals surface area contributed by atoms with Gasteiger partial charge in [-0.05, 0) is 37.8 Å². The van der Waals surface area contributed by atoms with Crippen LogP contribution in [0.15, 0.2) is 57.7 Å². The molecule has 0 spiro atoms. The molecule has 1 aromatic heterocycles. The van der Waals surface area contributed by atoms with Gasteiger partial charge in [0.15, 0.2) is 5.43 Å². The number of hydrogen-bond acceptors (Lipinski definition) is 2. The molecule has 2 aromatic carbocycles. The Labute approximate surface area is 142 Å². The first-order valence-corrected chi connectivity index (χ1v) is 8.87. The Morgan fingerprint density at radius 1 is 0.958 bits per heavy atom. The van der Waals surface area contributed by atoms with Gasteiger partial charge in [-0.2, -0.15) is 0 Å². The minimum atomic E-state index is 0.158. The lowest BCUT2D eigenvalue weighted by Gasteiger charge is -2.23. The molecule has 122 valence electrons. The van der Waals surface area contributed by atoms with Gasteiger partial charge in [0, 0.05) is 11.1 Å². The van der Waals surface area contributed by atoms with Gasteiger partial charge in [-0.3, -0.25) is 4.79 Å². The van der Waals surface area contributed by atoms with E-state index < -0.39 is 0 Å². The maximum atomic E-state index is 13.3. The maximum absolute atomic E-state index is 13.3. The zero-order valence-corrected chi connectivity index (χ0v) is 14.0. The molecular weight excluding hydrogens is 296 g/mol. The van der Waals surface area contributed by atoms with Gasteiger partial charge in [0.25, 0.3) is 0 Å². The molecular formula is C22H22O2. The zero-order chi connectivity index (χ0) is 16.5. The van der Waals surface area contributed by atoms with Crippen molar-refractivity contribution in [1.29, 1.82) is 0 Å². The standard InChI is InChI=1S/C22H22O2/c1-15-12-13-19-18(14-15)21(23)20(16-8-4-2-5-9-16)22(24-19)17-10-6-3-7-11-17/h3,6-7,10-14,16H,2,4-5,8-9H2,1H3. The minimum Gasteiger partial charge on any atom is -0.456 e. The van der Waals surface area contributed by atoms with Crippen molar-refractivity contribution in [2.45, 2.75) is 44.9 Å². The van der Waals surface area contributed by atoms with Gasteiger partial charge in [0.05, 0.1) is 5.39 Å². The van der Waals surface area contributed by atoms with Crippen molar-refractivity contribution in [3.63, 3.8) is 0 Å². The van der Waals surface area contributed by atoms with E-state index in [2.05, 4.69) is 0 Å². The number of benzene rings is 2. The van der Waals surface area contributed by atoms with Crippen molar-refractivity contribution in [1.82, 2.24) is 0 Å². The Morgan fingerprint density at radius 2 is 1.71 bits per heavy atom. The first-order valence-electron chi connectivity index (χ1n) is 8.87. The normalized spacial score (nSPS) is 15.7. The molecule has 0 amide bonds. The van der Waals surface area contributed by atoms with Crippen LogP contribution in [0.4, 0.5) is 0 Å². The Morgan fingerprint density at radius 3 is 2.46 bits per heavy atom. The summed E-state index contributed by atoms with van der Waals surface area (Å²) in [6.07, 6.45) is 5.84. The van der Waals surface area contributed by atoms with Crippen LogP contribution in [0.2, 0.25) is 0 Å². The van der Waals surface area contributed by atoms with E-state index in [-0.39, 0.29) is 5.43 Å². The summed E-state index contributed by atoms with van der Waals surface area (Å²) >= 11 is 0. The summed E-state index contributed by atoms with van der Waals surface area (Å²) in [6, 6.07) is 15.9. The van der Waals surface area contributed by atoms with Crippen LogP contribution in [-0.4, -0.2) is 0 Å². The fraction of sp³-hybridized carbons (Fsp3) is 0.318. The summed E-state index contributed by atoms with van der Waals surface area (Å²) in [5.74, 6) is 1.08. The van der Waals surface area contributed by atoms with E-state index in [0.717, 1.165) is 40.7 Å². The number of fused-ring (bicyclic) bond motifs is 1. The third kappa shape index (κ3) is 2.66. The van der Waals surface area contributed by atoms with Gasteiger partial charge in [-0.25, -0.2) is 0 Å². The monoisotopic (exact) mass is 318 g/mol. The molecule has 1 saturated carbocycles. The molecule has 0 N–H and O–H groups in total. The minimum absolute atomic E-state index is 0.158. The van der Waals surface area contributed by atoms with Crippen LogP contribution in [0.5, 0.6) is 0 Å². The van der Waals surface area contributed by atoms with E-state index in [1.807, 2.05) is 55.5 Å². The lowest BCUT2D eigenvalue weighted by Crippen LogP contribution is -2.18. The summed E-state index contributed by atoms with van der Waals surface area (Å²) < 4.78 is 6.27. The first-order chi connectivity index (χ1) is 11.7.